The van der Waals surface area contributed by atoms with Gasteiger partial charge in [-0.2, -0.15) is 0 Å². The van der Waals surface area contributed by atoms with Crippen LogP contribution in [0.4, 0.5) is 14.9 Å². The summed E-state index contributed by atoms with van der Waals surface area (Å²) >= 11 is 5.78. The van der Waals surface area contributed by atoms with E-state index in [1.165, 1.54) is 23.1 Å². The first kappa shape index (κ1) is 21.5. The number of carboxylic acid groups (broad SMARTS) is 1. The summed E-state index contributed by atoms with van der Waals surface area (Å²) in [5.74, 6) is -1.67. The monoisotopic (exact) mass is 429 g/mol. The molecule has 1 unspecified atom stereocenters. The molecule has 1 aromatic heterocycles. The van der Waals surface area contributed by atoms with Crippen LogP contribution in [0.25, 0.3) is 10.8 Å². The zero-order chi connectivity index (χ0) is 22.0. The van der Waals surface area contributed by atoms with Crippen LogP contribution in [-0.4, -0.2) is 34.0 Å². The molecule has 0 aliphatic carbocycles. The van der Waals surface area contributed by atoms with Crippen LogP contribution < -0.4 is 5.32 Å². The Bertz CT molecular complexity index is 1140. The van der Waals surface area contributed by atoms with E-state index in [1.54, 1.807) is 19.2 Å². The lowest BCUT2D eigenvalue weighted by Gasteiger charge is -2.28. The fraction of sp³-hybridized carbons (Fsp3) is 0.227. The Kier molecular flexibility index (Phi) is 6.22. The van der Waals surface area contributed by atoms with E-state index in [4.69, 9.17) is 11.6 Å². The molecule has 156 valence electrons. The summed E-state index contributed by atoms with van der Waals surface area (Å²) in [6.45, 7) is 3.74. The predicted octanol–water partition coefficient (Wildman–Crippen LogP) is 5.51. The molecule has 30 heavy (non-hydrogen) atoms. The number of aromatic carboxylic acids is 1. The summed E-state index contributed by atoms with van der Waals surface area (Å²) < 4.78 is 13.4. The second-order valence-corrected chi connectivity index (χ2v) is 7.28. The van der Waals surface area contributed by atoms with Crippen molar-refractivity contribution in [1.29, 1.82) is 0 Å². The van der Waals surface area contributed by atoms with Gasteiger partial charge in [-0.25, -0.2) is 19.0 Å². The third-order valence-corrected chi connectivity index (χ3v) is 5.35. The third-order valence-electron chi connectivity index (χ3n) is 5.06. The van der Waals surface area contributed by atoms with Crippen LogP contribution in [0.1, 0.15) is 41.6 Å². The van der Waals surface area contributed by atoms with E-state index in [-0.39, 0.29) is 10.7 Å². The predicted molar refractivity (Wildman–Crippen MR) is 115 cm³/mol. The van der Waals surface area contributed by atoms with Gasteiger partial charge in [0.1, 0.15) is 5.82 Å². The molecule has 0 aliphatic heterocycles. The van der Waals surface area contributed by atoms with Crippen molar-refractivity contribution in [3.8, 4) is 0 Å². The van der Waals surface area contributed by atoms with Gasteiger partial charge in [-0.3, -0.25) is 0 Å². The van der Waals surface area contributed by atoms with Crippen LogP contribution in [0.2, 0.25) is 5.02 Å². The minimum atomic E-state index is -1.10. The Hall–Kier alpha value is -3.19. The molecule has 8 heteroatoms. The quantitative estimate of drug-likeness (QED) is 0.560. The van der Waals surface area contributed by atoms with Crippen molar-refractivity contribution in [2.24, 2.45) is 0 Å². The number of nitrogens with zero attached hydrogens (tertiary/aromatic N) is 2. The Labute approximate surface area is 178 Å². The molecular formula is C22H21ClFN3O3. The number of amides is 2. The van der Waals surface area contributed by atoms with Crippen LogP contribution in [0.5, 0.6) is 0 Å². The van der Waals surface area contributed by atoms with Gasteiger partial charge >= 0.3 is 12.0 Å². The Balaban J connectivity index is 2.00. The first-order valence-electron chi connectivity index (χ1n) is 9.38. The fourth-order valence-electron chi connectivity index (χ4n) is 3.39. The molecule has 2 N–H and O–H groups in total. The van der Waals surface area contributed by atoms with E-state index in [0.717, 1.165) is 10.9 Å². The molecule has 0 aliphatic rings. The Morgan fingerprint density at radius 1 is 1.23 bits per heavy atom. The minimum absolute atomic E-state index is 0.00791. The SMILES string of the molecule is CCc1nc(C(=O)O)c2ccccc2c1C(C)N(C)C(=O)Nc1ccc(F)c(Cl)c1. The van der Waals surface area contributed by atoms with Gasteiger partial charge in [0.2, 0.25) is 0 Å². The number of urea groups is 1. The van der Waals surface area contributed by atoms with Gasteiger partial charge in [-0.1, -0.05) is 42.8 Å². The standard InChI is InChI=1S/C22H21ClFN3O3/c1-4-18-19(14-7-5-6-8-15(14)20(26-18)21(28)29)12(2)27(3)22(30)25-13-9-10-17(24)16(23)11-13/h5-12H,4H2,1-3H3,(H,25,30)(H,28,29). The lowest BCUT2D eigenvalue weighted by molar-refractivity contribution is 0.0692. The number of hydrogen-bond donors (Lipinski definition) is 2. The summed E-state index contributed by atoms with van der Waals surface area (Å²) in [5.41, 5.74) is 1.76. The summed E-state index contributed by atoms with van der Waals surface area (Å²) in [7, 11) is 1.63. The summed E-state index contributed by atoms with van der Waals surface area (Å²) in [6.07, 6.45) is 0.508. The molecule has 0 bridgehead atoms. The summed E-state index contributed by atoms with van der Waals surface area (Å²) in [5, 5.41) is 13.4. The molecule has 0 spiro atoms. The molecule has 0 fully saturated rings. The molecule has 3 rings (SSSR count). The van der Waals surface area contributed by atoms with Gasteiger partial charge in [-0.15, -0.1) is 0 Å². The van der Waals surface area contributed by atoms with E-state index in [2.05, 4.69) is 10.3 Å². The Morgan fingerprint density at radius 2 is 1.90 bits per heavy atom. The first-order valence-corrected chi connectivity index (χ1v) is 9.76. The minimum Gasteiger partial charge on any atom is -0.476 e. The van der Waals surface area contributed by atoms with Gasteiger partial charge < -0.3 is 15.3 Å². The number of fused-ring (bicyclic) bond motifs is 1. The number of aryl methyl sites for hydroxylation is 1. The lowest BCUT2D eigenvalue weighted by atomic mass is 9.95. The number of rotatable bonds is 5. The molecular weight excluding hydrogens is 409 g/mol. The molecule has 6 nitrogen and oxygen atoms in total. The highest BCUT2D eigenvalue weighted by atomic mass is 35.5. The van der Waals surface area contributed by atoms with Crippen LogP contribution in [-0.2, 0) is 6.42 Å². The van der Waals surface area contributed by atoms with Crippen molar-refractivity contribution in [1.82, 2.24) is 9.88 Å². The van der Waals surface area contributed by atoms with E-state index in [0.29, 0.717) is 23.2 Å². The van der Waals surface area contributed by atoms with Crippen LogP contribution >= 0.6 is 11.6 Å². The second kappa shape index (κ2) is 8.67. The largest absolute Gasteiger partial charge is 0.476 e. The molecule has 1 atom stereocenters. The van der Waals surface area contributed by atoms with Crippen molar-refractivity contribution in [2.45, 2.75) is 26.3 Å². The van der Waals surface area contributed by atoms with Crippen LogP contribution in [0.3, 0.4) is 0 Å². The maximum Gasteiger partial charge on any atom is 0.355 e. The van der Waals surface area contributed by atoms with Gasteiger partial charge in [0.05, 0.1) is 11.1 Å². The van der Waals surface area contributed by atoms with Crippen molar-refractivity contribution >= 4 is 40.1 Å². The van der Waals surface area contributed by atoms with Gasteiger partial charge in [0.25, 0.3) is 0 Å². The van der Waals surface area contributed by atoms with Crippen molar-refractivity contribution in [3.05, 3.63) is 70.3 Å². The van der Waals surface area contributed by atoms with Crippen molar-refractivity contribution < 1.29 is 19.1 Å². The van der Waals surface area contributed by atoms with E-state index >= 15 is 0 Å². The average molecular weight is 430 g/mol. The summed E-state index contributed by atoms with van der Waals surface area (Å²) in [6, 6.07) is 10.2. The smallest absolute Gasteiger partial charge is 0.355 e. The fourth-order valence-corrected chi connectivity index (χ4v) is 3.57. The lowest BCUT2D eigenvalue weighted by Crippen LogP contribution is -2.34. The number of aromatic nitrogens is 1. The van der Waals surface area contributed by atoms with Crippen LogP contribution in [0, 0.1) is 5.82 Å². The maximum absolute atomic E-state index is 13.4. The number of anilines is 1. The maximum atomic E-state index is 13.4. The molecule has 2 aromatic carbocycles. The molecule has 0 saturated heterocycles. The first-order chi connectivity index (χ1) is 14.2. The number of carboxylic acids is 1. The van der Waals surface area contributed by atoms with E-state index in [9.17, 15) is 19.1 Å². The molecule has 3 aromatic rings. The number of pyridine rings is 1. The van der Waals surface area contributed by atoms with Crippen molar-refractivity contribution in [2.75, 3.05) is 12.4 Å². The number of carbonyl (C=O) groups is 2. The average Bonchev–Trinajstić information content (AvgIpc) is 2.73. The van der Waals surface area contributed by atoms with E-state index < -0.39 is 23.9 Å². The number of halogens is 2. The zero-order valence-corrected chi connectivity index (χ0v) is 17.5. The number of carbonyl (C=O) groups excluding carboxylic acids is 1. The highest BCUT2D eigenvalue weighted by molar-refractivity contribution is 6.31. The molecule has 2 amide bonds. The number of hydrogen-bond acceptors (Lipinski definition) is 3. The van der Waals surface area contributed by atoms with Crippen LogP contribution in [0.15, 0.2) is 42.5 Å². The normalized spacial score (nSPS) is 11.9. The molecule has 1 heterocycles. The van der Waals surface area contributed by atoms with Gasteiger partial charge in [0.15, 0.2) is 5.69 Å². The second-order valence-electron chi connectivity index (χ2n) is 6.87. The Morgan fingerprint density at radius 3 is 2.50 bits per heavy atom. The third kappa shape index (κ3) is 4.07. The highest BCUT2D eigenvalue weighted by Crippen LogP contribution is 2.32. The highest BCUT2D eigenvalue weighted by Gasteiger charge is 2.25. The zero-order valence-electron chi connectivity index (χ0n) is 16.7. The van der Waals surface area contributed by atoms with E-state index in [1.807, 2.05) is 26.0 Å². The van der Waals surface area contributed by atoms with Gasteiger partial charge in [-0.05, 0) is 36.9 Å². The number of benzene rings is 2. The summed E-state index contributed by atoms with van der Waals surface area (Å²) in [4.78, 5) is 30.3. The molecule has 0 radical (unpaired) electrons. The van der Waals surface area contributed by atoms with Crippen molar-refractivity contribution in [3.63, 3.8) is 0 Å². The molecule has 0 saturated carbocycles. The topological polar surface area (TPSA) is 82.5 Å². The number of nitrogens with one attached hydrogen (secondary N) is 1. The van der Waals surface area contributed by atoms with Gasteiger partial charge in [0, 0.05) is 29.4 Å².